The molecule has 0 radical (unpaired) electrons. The van der Waals surface area contributed by atoms with Crippen LogP contribution in [-0.2, 0) is 18.4 Å². The van der Waals surface area contributed by atoms with Crippen molar-refractivity contribution in [3.05, 3.63) is 53.4 Å². The van der Waals surface area contributed by atoms with E-state index < -0.39 is 0 Å². The molecular formula is C16H18N2O3. The third-order valence-corrected chi connectivity index (χ3v) is 3.10. The van der Waals surface area contributed by atoms with Crippen LogP contribution >= 0.6 is 0 Å². The van der Waals surface area contributed by atoms with E-state index in [4.69, 9.17) is 9.47 Å². The molecule has 0 saturated carbocycles. The summed E-state index contributed by atoms with van der Waals surface area (Å²) in [5, 5.41) is 3.98. The van der Waals surface area contributed by atoms with E-state index in [1.54, 1.807) is 44.3 Å². The first-order valence-electron chi connectivity index (χ1n) is 6.52. The Balaban J connectivity index is 2.19. The van der Waals surface area contributed by atoms with E-state index in [1.807, 2.05) is 18.2 Å². The number of ether oxygens (including phenoxy) is 2. The summed E-state index contributed by atoms with van der Waals surface area (Å²) in [5.41, 5.74) is 2.41. The first-order valence-corrected chi connectivity index (χ1v) is 6.52. The van der Waals surface area contributed by atoms with Gasteiger partial charge >= 0.3 is 0 Å². The van der Waals surface area contributed by atoms with Crippen molar-refractivity contribution in [2.45, 2.75) is 6.61 Å². The Kier molecular flexibility index (Phi) is 4.90. The summed E-state index contributed by atoms with van der Waals surface area (Å²) in [4.78, 5) is 12.0. The van der Waals surface area contributed by atoms with Crippen molar-refractivity contribution >= 4 is 11.9 Å². The zero-order valence-corrected chi connectivity index (χ0v) is 12.4. The molecule has 0 amide bonds. The number of hydrogen-bond donors (Lipinski definition) is 0. The Hall–Kier alpha value is -2.40. The minimum Gasteiger partial charge on any atom is -0.496 e. The second-order valence-corrected chi connectivity index (χ2v) is 4.54. The summed E-state index contributed by atoms with van der Waals surface area (Å²) >= 11 is 0. The molecule has 0 aliphatic rings. The highest BCUT2D eigenvalue weighted by atomic mass is 16.5. The molecule has 2 aromatic rings. The number of methoxy groups -OCH3 is 2. The maximum absolute atomic E-state index is 12.0. The van der Waals surface area contributed by atoms with Gasteiger partial charge in [-0.05, 0) is 29.8 Å². The zero-order chi connectivity index (χ0) is 15.2. The van der Waals surface area contributed by atoms with E-state index in [0.717, 1.165) is 16.9 Å². The van der Waals surface area contributed by atoms with Crippen molar-refractivity contribution in [1.29, 1.82) is 0 Å². The summed E-state index contributed by atoms with van der Waals surface area (Å²) in [6, 6.07) is 7.39. The number of carbonyl (C=O) groups excluding carboxylic acids is 1. The Labute approximate surface area is 123 Å². The van der Waals surface area contributed by atoms with Crippen LogP contribution < -0.4 is 4.74 Å². The molecule has 0 bridgehead atoms. The van der Waals surface area contributed by atoms with Gasteiger partial charge in [-0.1, -0.05) is 12.1 Å². The Morgan fingerprint density at radius 2 is 2.14 bits per heavy atom. The molecule has 0 N–H and O–H groups in total. The number of carbonyl (C=O) groups is 1. The minimum absolute atomic E-state index is 0.0842. The van der Waals surface area contributed by atoms with Crippen LogP contribution in [-0.4, -0.2) is 29.8 Å². The predicted octanol–water partition coefficient (Wildman–Crippen LogP) is 2.47. The van der Waals surface area contributed by atoms with Crippen molar-refractivity contribution in [2.24, 2.45) is 7.05 Å². The summed E-state index contributed by atoms with van der Waals surface area (Å²) < 4.78 is 12.0. The van der Waals surface area contributed by atoms with Crippen molar-refractivity contribution in [2.75, 3.05) is 14.2 Å². The van der Waals surface area contributed by atoms with Gasteiger partial charge in [0.15, 0.2) is 0 Å². The molecule has 21 heavy (non-hydrogen) atoms. The molecule has 0 spiro atoms. The highest BCUT2D eigenvalue weighted by Crippen LogP contribution is 2.21. The first-order chi connectivity index (χ1) is 10.2. The second-order valence-electron chi connectivity index (χ2n) is 4.54. The van der Waals surface area contributed by atoms with Crippen molar-refractivity contribution in [3.63, 3.8) is 0 Å². The zero-order valence-electron chi connectivity index (χ0n) is 12.4. The largest absolute Gasteiger partial charge is 0.496 e. The lowest BCUT2D eigenvalue weighted by Crippen LogP contribution is -2.03. The number of allylic oxidation sites excluding steroid dienone is 1. The lowest BCUT2D eigenvalue weighted by atomic mass is 10.1. The molecule has 110 valence electrons. The second kappa shape index (κ2) is 6.85. The number of ketones is 1. The van der Waals surface area contributed by atoms with Crippen LogP contribution in [0.1, 0.15) is 21.6 Å². The molecule has 1 heterocycles. The SMILES string of the molecule is COCc1cc(C=CC(=O)c2ccnn2C)ccc1OC. The fraction of sp³-hybridized carbons (Fsp3) is 0.250. The number of benzene rings is 1. The van der Waals surface area contributed by atoms with Gasteiger partial charge in [0, 0.05) is 25.9 Å². The lowest BCUT2D eigenvalue weighted by molar-refractivity contribution is 0.103. The minimum atomic E-state index is -0.0842. The van der Waals surface area contributed by atoms with Gasteiger partial charge in [0.25, 0.3) is 0 Å². The van der Waals surface area contributed by atoms with Gasteiger partial charge in [0.05, 0.1) is 13.7 Å². The summed E-state index contributed by atoms with van der Waals surface area (Å²) in [6.45, 7) is 0.459. The van der Waals surface area contributed by atoms with Gasteiger partial charge in [-0.2, -0.15) is 5.10 Å². The summed E-state index contributed by atoms with van der Waals surface area (Å²) in [5.74, 6) is 0.686. The van der Waals surface area contributed by atoms with Gasteiger partial charge in [-0.3, -0.25) is 9.48 Å². The Bertz CT molecular complexity index is 659. The van der Waals surface area contributed by atoms with Gasteiger partial charge < -0.3 is 9.47 Å². The van der Waals surface area contributed by atoms with Gasteiger partial charge in [0.2, 0.25) is 5.78 Å². The fourth-order valence-corrected chi connectivity index (χ4v) is 2.04. The molecule has 0 unspecified atom stereocenters. The quantitative estimate of drug-likeness (QED) is 0.604. The molecule has 0 aliphatic carbocycles. The van der Waals surface area contributed by atoms with Crippen LogP contribution in [0.3, 0.4) is 0 Å². The van der Waals surface area contributed by atoms with Gasteiger partial charge in [-0.25, -0.2) is 0 Å². The van der Waals surface area contributed by atoms with Crippen LogP contribution in [0.4, 0.5) is 0 Å². The van der Waals surface area contributed by atoms with Gasteiger partial charge in [0.1, 0.15) is 11.4 Å². The highest BCUT2D eigenvalue weighted by molar-refractivity contribution is 6.05. The van der Waals surface area contributed by atoms with Crippen molar-refractivity contribution in [1.82, 2.24) is 9.78 Å². The van der Waals surface area contributed by atoms with E-state index in [2.05, 4.69) is 5.10 Å². The van der Waals surface area contributed by atoms with Crippen LogP contribution in [0.2, 0.25) is 0 Å². The average Bonchev–Trinajstić information content (AvgIpc) is 2.91. The Morgan fingerprint density at radius 3 is 2.76 bits per heavy atom. The monoisotopic (exact) mass is 286 g/mol. The molecule has 1 aromatic heterocycles. The number of aromatic nitrogens is 2. The lowest BCUT2D eigenvalue weighted by Gasteiger charge is -2.08. The standard InChI is InChI=1S/C16H18N2O3/c1-18-14(8-9-17-18)15(19)6-4-12-5-7-16(21-3)13(10-12)11-20-2/h4-10H,11H2,1-3H3. The topological polar surface area (TPSA) is 53.3 Å². The summed E-state index contributed by atoms with van der Waals surface area (Å²) in [7, 11) is 5.00. The molecule has 5 nitrogen and oxygen atoms in total. The number of aryl methyl sites for hydroxylation is 1. The number of hydrogen-bond acceptors (Lipinski definition) is 4. The Morgan fingerprint density at radius 1 is 1.33 bits per heavy atom. The third kappa shape index (κ3) is 3.58. The maximum atomic E-state index is 12.0. The van der Waals surface area contributed by atoms with E-state index in [1.165, 1.54) is 6.08 Å². The average molecular weight is 286 g/mol. The third-order valence-electron chi connectivity index (χ3n) is 3.10. The predicted molar refractivity (Wildman–Crippen MR) is 80.3 cm³/mol. The van der Waals surface area contributed by atoms with E-state index in [0.29, 0.717) is 12.3 Å². The highest BCUT2D eigenvalue weighted by Gasteiger charge is 2.07. The molecule has 5 heteroatoms. The van der Waals surface area contributed by atoms with Gasteiger partial charge in [-0.15, -0.1) is 0 Å². The molecule has 2 rings (SSSR count). The van der Waals surface area contributed by atoms with Crippen molar-refractivity contribution in [3.8, 4) is 5.75 Å². The van der Waals surface area contributed by atoms with Crippen LogP contribution in [0.25, 0.3) is 6.08 Å². The fourth-order valence-electron chi connectivity index (χ4n) is 2.04. The van der Waals surface area contributed by atoms with Crippen LogP contribution in [0.15, 0.2) is 36.5 Å². The maximum Gasteiger partial charge on any atom is 0.203 e. The van der Waals surface area contributed by atoms with E-state index >= 15 is 0 Å². The van der Waals surface area contributed by atoms with Crippen molar-refractivity contribution < 1.29 is 14.3 Å². The molecular weight excluding hydrogens is 268 g/mol. The molecule has 0 atom stereocenters. The molecule has 1 aromatic carbocycles. The summed E-state index contributed by atoms with van der Waals surface area (Å²) in [6.07, 6.45) is 4.91. The van der Waals surface area contributed by atoms with Crippen LogP contribution in [0.5, 0.6) is 5.75 Å². The molecule has 0 fully saturated rings. The van der Waals surface area contributed by atoms with Crippen LogP contribution in [0, 0.1) is 0 Å². The molecule has 0 saturated heterocycles. The number of nitrogens with zero attached hydrogens (tertiary/aromatic N) is 2. The number of rotatable bonds is 6. The normalized spacial score (nSPS) is 11.0. The molecule has 0 aliphatic heterocycles. The van der Waals surface area contributed by atoms with E-state index in [9.17, 15) is 4.79 Å². The first kappa shape index (κ1) is 15.0. The smallest absolute Gasteiger partial charge is 0.203 e. The van der Waals surface area contributed by atoms with E-state index in [-0.39, 0.29) is 5.78 Å².